The zero-order valence-corrected chi connectivity index (χ0v) is 15.6. The van der Waals surface area contributed by atoms with Crippen LogP contribution in [0.15, 0.2) is 84.4 Å². The molecular formula is C24H19NO4. The SMILES string of the molecule is O=C(COC(=O)C1=Cc2ccccc2OC1)Nc1ccccc1-c1ccccc1. The first-order valence-corrected chi connectivity index (χ1v) is 9.24. The van der Waals surface area contributed by atoms with Crippen molar-refractivity contribution in [2.75, 3.05) is 18.5 Å². The van der Waals surface area contributed by atoms with E-state index >= 15 is 0 Å². The molecule has 0 aliphatic carbocycles. The highest BCUT2D eigenvalue weighted by Crippen LogP contribution is 2.28. The van der Waals surface area contributed by atoms with Crippen LogP contribution < -0.4 is 10.1 Å². The maximum Gasteiger partial charge on any atom is 0.338 e. The Morgan fingerprint density at radius 3 is 2.48 bits per heavy atom. The molecule has 29 heavy (non-hydrogen) atoms. The number of ether oxygens (including phenoxy) is 2. The van der Waals surface area contributed by atoms with Gasteiger partial charge < -0.3 is 14.8 Å². The van der Waals surface area contributed by atoms with Crippen molar-refractivity contribution in [2.24, 2.45) is 0 Å². The summed E-state index contributed by atoms with van der Waals surface area (Å²) in [5, 5.41) is 2.82. The van der Waals surface area contributed by atoms with Gasteiger partial charge in [0.05, 0.1) is 5.57 Å². The number of nitrogens with one attached hydrogen (secondary N) is 1. The highest BCUT2D eigenvalue weighted by Gasteiger charge is 2.19. The molecule has 1 amide bonds. The molecule has 4 rings (SSSR count). The predicted molar refractivity (Wildman–Crippen MR) is 111 cm³/mol. The van der Waals surface area contributed by atoms with Gasteiger partial charge in [-0.1, -0.05) is 66.7 Å². The van der Waals surface area contributed by atoms with Gasteiger partial charge in [-0.05, 0) is 23.8 Å². The van der Waals surface area contributed by atoms with E-state index in [-0.39, 0.29) is 13.2 Å². The van der Waals surface area contributed by atoms with Crippen molar-refractivity contribution in [3.63, 3.8) is 0 Å². The number of amides is 1. The van der Waals surface area contributed by atoms with Crippen molar-refractivity contribution in [3.8, 4) is 16.9 Å². The molecule has 0 radical (unpaired) electrons. The molecule has 0 aromatic heterocycles. The van der Waals surface area contributed by atoms with E-state index in [1.54, 1.807) is 6.08 Å². The average Bonchev–Trinajstić information content (AvgIpc) is 2.78. The molecule has 1 N–H and O–H groups in total. The maximum absolute atomic E-state index is 12.3. The van der Waals surface area contributed by atoms with Crippen molar-refractivity contribution in [2.45, 2.75) is 0 Å². The van der Waals surface area contributed by atoms with Crippen LogP contribution in [0, 0.1) is 0 Å². The van der Waals surface area contributed by atoms with E-state index < -0.39 is 11.9 Å². The number of para-hydroxylation sites is 2. The lowest BCUT2D eigenvalue weighted by Gasteiger charge is -2.17. The van der Waals surface area contributed by atoms with Crippen LogP contribution in [0.2, 0.25) is 0 Å². The molecule has 3 aromatic carbocycles. The predicted octanol–water partition coefficient (Wildman–Crippen LogP) is 4.31. The zero-order chi connectivity index (χ0) is 20.1. The molecule has 0 spiro atoms. The van der Waals surface area contributed by atoms with Gasteiger partial charge in [-0.15, -0.1) is 0 Å². The smallest absolute Gasteiger partial charge is 0.338 e. The quantitative estimate of drug-likeness (QED) is 0.665. The van der Waals surface area contributed by atoms with Crippen molar-refractivity contribution in [1.82, 2.24) is 0 Å². The lowest BCUT2D eigenvalue weighted by atomic mass is 10.0. The van der Waals surface area contributed by atoms with Gasteiger partial charge in [0.2, 0.25) is 0 Å². The molecule has 0 bridgehead atoms. The second-order valence-corrected chi connectivity index (χ2v) is 6.53. The molecule has 1 aliphatic heterocycles. The fourth-order valence-electron chi connectivity index (χ4n) is 3.11. The van der Waals surface area contributed by atoms with Crippen molar-refractivity contribution in [1.29, 1.82) is 0 Å². The second kappa shape index (κ2) is 8.44. The van der Waals surface area contributed by atoms with Gasteiger partial charge in [0.25, 0.3) is 5.91 Å². The summed E-state index contributed by atoms with van der Waals surface area (Å²) >= 11 is 0. The van der Waals surface area contributed by atoms with Gasteiger partial charge in [0.15, 0.2) is 6.61 Å². The van der Waals surface area contributed by atoms with E-state index in [1.807, 2.05) is 78.9 Å². The van der Waals surface area contributed by atoms with Gasteiger partial charge in [-0.2, -0.15) is 0 Å². The summed E-state index contributed by atoms with van der Waals surface area (Å²) in [4.78, 5) is 24.6. The number of esters is 1. The highest BCUT2D eigenvalue weighted by molar-refractivity contribution is 5.99. The summed E-state index contributed by atoms with van der Waals surface area (Å²) < 4.78 is 10.7. The van der Waals surface area contributed by atoms with Gasteiger partial charge in [0.1, 0.15) is 12.4 Å². The summed E-state index contributed by atoms with van der Waals surface area (Å²) in [6.45, 7) is -0.255. The zero-order valence-electron chi connectivity index (χ0n) is 15.6. The first-order valence-electron chi connectivity index (χ1n) is 9.24. The van der Waals surface area contributed by atoms with E-state index in [4.69, 9.17) is 9.47 Å². The number of hydrogen-bond donors (Lipinski definition) is 1. The Hall–Kier alpha value is -3.86. The molecule has 0 unspecified atom stereocenters. The number of rotatable bonds is 5. The fraction of sp³-hybridized carbons (Fsp3) is 0.0833. The number of carbonyl (C=O) groups excluding carboxylic acids is 2. The number of fused-ring (bicyclic) bond motifs is 1. The standard InChI is InChI=1S/C24H19NO4/c26-23(25-21-12-6-5-11-20(21)17-8-2-1-3-9-17)16-29-24(27)19-14-18-10-4-7-13-22(18)28-15-19/h1-14H,15-16H2,(H,25,26). The van der Waals surface area contributed by atoms with E-state index in [0.29, 0.717) is 11.3 Å². The number of carbonyl (C=O) groups is 2. The summed E-state index contributed by atoms with van der Waals surface area (Å²) in [6.07, 6.45) is 1.73. The van der Waals surface area contributed by atoms with Gasteiger partial charge >= 0.3 is 5.97 Å². The van der Waals surface area contributed by atoms with Crippen LogP contribution in [-0.4, -0.2) is 25.1 Å². The highest BCUT2D eigenvalue weighted by atomic mass is 16.5. The second-order valence-electron chi connectivity index (χ2n) is 6.53. The first kappa shape index (κ1) is 18.5. The molecule has 144 valence electrons. The minimum atomic E-state index is -0.564. The Bertz CT molecular complexity index is 1070. The summed E-state index contributed by atoms with van der Waals surface area (Å²) in [5.74, 6) is -0.246. The third-order valence-electron chi connectivity index (χ3n) is 4.51. The molecule has 0 fully saturated rings. The molecule has 0 atom stereocenters. The Labute approximate surface area is 168 Å². The molecule has 5 heteroatoms. The lowest BCUT2D eigenvalue weighted by Crippen LogP contribution is -2.24. The van der Waals surface area contributed by atoms with Crippen LogP contribution in [0.1, 0.15) is 5.56 Å². The van der Waals surface area contributed by atoms with E-state index in [9.17, 15) is 9.59 Å². The maximum atomic E-state index is 12.3. The van der Waals surface area contributed by atoms with E-state index in [2.05, 4.69) is 5.32 Å². The van der Waals surface area contributed by atoms with Crippen LogP contribution >= 0.6 is 0 Å². The van der Waals surface area contributed by atoms with Crippen molar-refractivity contribution in [3.05, 3.63) is 90.0 Å². The molecule has 1 aliphatic rings. The molecular weight excluding hydrogens is 366 g/mol. The van der Waals surface area contributed by atoms with E-state index in [0.717, 1.165) is 22.4 Å². The fourth-order valence-corrected chi connectivity index (χ4v) is 3.11. The number of benzene rings is 3. The van der Waals surface area contributed by atoms with Gasteiger partial charge in [0, 0.05) is 16.8 Å². The van der Waals surface area contributed by atoms with Gasteiger partial charge in [-0.3, -0.25) is 4.79 Å². The molecule has 0 saturated carbocycles. The monoisotopic (exact) mass is 385 g/mol. The Balaban J connectivity index is 1.39. The Kier molecular flexibility index (Phi) is 5.38. The summed E-state index contributed by atoms with van der Waals surface area (Å²) in [7, 11) is 0. The van der Waals surface area contributed by atoms with Crippen LogP contribution in [0.4, 0.5) is 5.69 Å². The number of anilines is 1. The molecule has 1 heterocycles. The average molecular weight is 385 g/mol. The van der Waals surface area contributed by atoms with Crippen LogP contribution in [0.25, 0.3) is 17.2 Å². The minimum absolute atomic E-state index is 0.119. The van der Waals surface area contributed by atoms with Crippen molar-refractivity contribution < 1.29 is 19.1 Å². The summed E-state index contributed by atoms with van der Waals surface area (Å²) in [6, 6.07) is 24.7. The van der Waals surface area contributed by atoms with E-state index in [1.165, 1.54) is 0 Å². The molecule has 3 aromatic rings. The molecule has 0 saturated heterocycles. The third kappa shape index (κ3) is 4.35. The van der Waals surface area contributed by atoms with Crippen LogP contribution in [0.3, 0.4) is 0 Å². The first-order chi connectivity index (χ1) is 14.2. The lowest BCUT2D eigenvalue weighted by molar-refractivity contribution is -0.143. The Morgan fingerprint density at radius 1 is 0.897 bits per heavy atom. The summed E-state index contributed by atoms with van der Waals surface area (Å²) in [5.41, 5.74) is 3.73. The molecule has 5 nitrogen and oxygen atoms in total. The Morgan fingerprint density at radius 2 is 1.62 bits per heavy atom. The van der Waals surface area contributed by atoms with Crippen LogP contribution in [0.5, 0.6) is 5.75 Å². The van der Waals surface area contributed by atoms with Gasteiger partial charge in [-0.25, -0.2) is 4.79 Å². The van der Waals surface area contributed by atoms with Crippen LogP contribution in [-0.2, 0) is 14.3 Å². The minimum Gasteiger partial charge on any atom is -0.488 e. The number of hydrogen-bond acceptors (Lipinski definition) is 4. The normalized spacial score (nSPS) is 12.2. The third-order valence-corrected chi connectivity index (χ3v) is 4.51. The topological polar surface area (TPSA) is 64.6 Å². The van der Waals surface area contributed by atoms with Crippen molar-refractivity contribution >= 4 is 23.6 Å². The largest absolute Gasteiger partial charge is 0.488 e.